The summed E-state index contributed by atoms with van der Waals surface area (Å²) in [6, 6.07) is 13.2. The average Bonchev–Trinajstić information content (AvgIpc) is 3.61. The minimum Gasteiger partial charge on any atom is -0.490 e. The molecule has 2 aromatic rings. The quantitative estimate of drug-likeness (QED) is 0.302. The minimum absolute atomic E-state index is 0.0920. The molecule has 0 amide bonds. The van der Waals surface area contributed by atoms with E-state index in [2.05, 4.69) is 50.2 Å². The summed E-state index contributed by atoms with van der Waals surface area (Å²) in [4.78, 5) is 0. The molecule has 0 spiro atoms. The molecule has 0 unspecified atom stereocenters. The van der Waals surface area contributed by atoms with Crippen LogP contribution in [-0.4, -0.2) is 13.2 Å². The first kappa shape index (κ1) is 22.4. The summed E-state index contributed by atoms with van der Waals surface area (Å²) in [7, 11) is 0. The van der Waals surface area contributed by atoms with Crippen LogP contribution in [-0.2, 0) is 9.47 Å². The third kappa shape index (κ3) is 3.65. The van der Waals surface area contributed by atoms with Gasteiger partial charge in [-0.3, -0.25) is 0 Å². The second-order valence-electron chi connectivity index (χ2n) is 10.5. The average molecular weight is 463 g/mol. The van der Waals surface area contributed by atoms with Crippen molar-refractivity contribution in [2.45, 2.75) is 89.6 Å². The Kier molecular flexibility index (Phi) is 6.30. The molecule has 4 aliphatic heterocycles. The lowest BCUT2D eigenvalue weighted by Crippen LogP contribution is -2.27. The van der Waals surface area contributed by atoms with Crippen molar-refractivity contribution in [2.75, 3.05) is 13.2 Å². The van der Waals surface area contributed by atoms with E-state index in [4.69, 9.17) is 18.9 Å². The molecule has 4 heteroatoms. The Morgan fingerprint density at radius 1 is 0.588 bits per heavy atom. The van der Waals surface area contributed by atoms with Crippen LogP contribution in [0.15, 0.2) is 36.4 Å². The Morgan fingerprint density at radius 3 is 1.47 bits per heavy atom. The fourth-order valence-electron chi connectivity index (χ4n) is 6.69. The van der Waals surface area contributed by atoms with Crippen LogP contribution in [0.25, 0.3) is 0 Å². The summed E-state index contributed by atoms with van der Waals surface area (Å²) in [5.74, 6) is 2.58. The maximum absolute atomic E-state index is 6.66. The molecule has 4 nitrogen and oxygen atoms in total. The van der Waals surface area contributed by atoms with Crippen LogP contribution >= 0.6 is 0 Å². The van der Waals surface area contributed by atoms with E-state index in [-0.39, 0.29) is 24.4 Å². The highest BCUT2D eigenvalue weighted by atomic mass is 16.5. The standard InChI is InChI=1S/C30H38O4/c1-3-5-7-11-15-31-23-17-21-22(18-24(23)32-16-12-8-6-4-2)30-26-25(29(21)34-30)27-19-13-9-10-14-20(19)28(26)33-27/h9-10,13-14,17-18,25-30H,3-8,11-12,15-16H2,1-2H3/t25-,26+,27+,28-,29-,30+. The first-order valence-electron chi connectivity index (χ1n) is 13.6. The molecular formula is C30H38O4. The Hall–Kier alpha value is -2.04. The van der Waals surface area contributed by atoms with E-state index < -0.39 is 0 Å². The van der Waals surface area contributed by atoms with E-state index in [1.165, 1.54) is 60.8 Å². The van der Waals surface area contributed by atoms with Gasteiger partial charge in [0.25, 0.3) is 0 Å². The van der Waals surface area contributed by atoms with Gasteiger partial charge in [0.2, 0.25) is 0 Å². The fraction of sp³-hybridized carbons (Fsp3) is 0.600. The zero-order chi connectivity index (χ0) is 23.1. The van der Waals surface area contributed by atoms with Gasteiger partial charge in [0.05, 0.1) is 37.6 Å². The zero-order valence-corrected chi connectivity index (χ0v) is 20.6. The van der Waals surface area contributed by atoms with E-state index in [0.717, 1.165) is 37.6 Å². The number of hydrogen-bond acceptors (Lipinski definition) is 4. The van der Waals surface area contributed by atoms with E-state index in [0.29, 0.717) is 11.8 Å². The lowest BCUT2D eigenvalue weighted by atomic mass is 9.67. The molecule has 2 aromatic carbocycles. The first-order valence-corrected chi connectivity index (χ1v) is 13.6. The molecule has 0 N–H and O–H groups in total. The van der Waals surface area contributed by atoms with Crippen LogP contribution in [0, 0.1) is 11.8 Å². The van der Waals surface area contributed by atoms with Crippen molar-refractivity contribution in [3.8, 4) is 11.5 Å². The Balaban J connectivity index is 1.24. The second kappa shape index (κ2) is 9.54. The molecule has 0 aliphatic carbocycles. The molecule has 4 aliphatic rings. The van der Waals surface area contributed by atoms with Gasteiger partial charge in [-0.25, -0.2) is 0 Å². The molecule has 0 aromatic heterocycles. The maximum atomic E-state index is 6.66. The molecule has 4 heterocycles. The molecular weight excluding hydrogens is 424 g/mol. The van der Waals surface area contributed by atoms with Crippen molar-refractivity contribution >= 4 is 0 Å². The molecule has 6 atom stereocenters. The van der Waals surface area contributed by atoms with Crippen molar-refractivity contribution in [3.05, 3.63) is 58.7 Å². The number of unbranched alkanes of at least 4 members (excludes halogenated alkanes) is 6. The van der Waals surface area contributed by atoms with Crippen LogP contribution in [0.1, 0.15) is 112 Å². The summed E-state index contributed by atoms with van der Waals surface area (Å²) >= 11 is 0. The Labute approximate surface area is 203 Å². The van der Waals surface area contributed by atoms with Gasteiger partial charge >= 0.3 is 0 Å². The largest absolute Gasteiger partial charge is 0.490 e. The van der Waals surface area contributed by atoms with Crippen LogP contribution < -0.4 is 9.47 Å². The van der Waals surface area contributed by atoms with E-state index in [9.17, 15) is 0 Å². The summed E-state index contributed by atoms with van der Waals surface area (Å²) in [5.41, 5.74) is 5.32. The normalized spacial score (nSPS) is 29.2. The number of hydrogen-bond donors (Lipinski definition) is 0. The molecule has 6 rings (SSSR count). The fourth-order valence-corrected chi connectivity index (χ4v) is 6.69. The van der Waals surface area contributed by atoms with E-state index in [1.54, 1.807) is 0 Å². The Bertz CT molecular complexity index is 939. The summed E-state index contributed by atoms with van der Waals surface area (Å²) in [6.45, 7) is 5.97. The van der Waals surface area contributed by atoms with Crippen molar-refractivity contribution in [2.24, 2.45) is 11.8 Å². The molecule has 2 fully saturated rings. The smallest absolute Gasteiger partial charge is 0.161 e. The van der Waals surface area contributed by atoms with E-state index in [1.807, 2.05) is 0 Å². The van der Waals surface area contributed by atoms with Crippen LogP contribution in [0.4, 0.5) is 0 Å². The topological polar surface area (TPSA) is 36.9 Å². The third-order valence-electron chi connectivity index (χ3n) is 8.31. The highest BCUT2D eigenvalue weighted by Gasteiger charge is 2.65. The summed E-state index contributed by atoms with van der Waals surface area (Å²) in [6.07, 6.45) is 10.1. The monoisotopic (exact) mass is 462 g/mol. The lowest BCUT2D eigenvalue weighted by Gasteiger charge is -2.32. The van der Waals surface area contributed by atoms with Gasteiger partial charge in [-0.15, -0.1) is 0 Å². The Morgan fingerprint density at radius 2 is 1.03 bits per heavy atom. The van der Waals surface area contributed by atoms with Gasteiger partial charge in [0.15, 0.2) is 11.5 Å². The van der Waals surface area contributed by atoms with Gasteiger partial charge in [-0.2, -0.15) is 0 Å². The molecule has 34 heavy (non-hydrogen) atoms. The molecule has 0 saturated carbocycles. The predicted octanol–water partition coefficient (Wildman–Crippen LogP) is 7.79. The van der Waals surface area contributed by atoms with Crippen LogP contribution in [0.5, 0.6) is 11.5 Å². The van der Waals surface area contributed by atoms with Gasteiger partial charge in [0, 0.05) is 11.8 Å². The van der Waals surface area contributed by atoms with Crippen molar-refractivity contribution in [3.63, 3.8) is 0 Å². The van der Waals surface area contributed by atoms with Crippen LogP contribution in [0.2, 0.25) is 0 Å². The molecule has 4 bridgehead atoms. The van der Waals surface area contributed by atoms with Gasteiger partial charge < -0.3 is 18.9 Å². The summed E-state index contributed by atoms with van der Waals surface area (Å²) in [5, 5.41) is 0. The van der Waals surface area contributed by atoms with Crippen molar-refractivity contribution in [1.82, 2.24) is 0 Å². The van der Waals surface area contributed by atoms with Crippen molar-refractivity contribution < 1.29 is 18.9 Å². The third-order valence-corrected chi connectivity index (χ3v) is 8.31. The molecule has 182 valence electrons. The zero-order valence-electron chi connectivity index (χ0n) is 20.6. The molecule has 2 saturated heterocycles. The minimum atomic E-state index is 0.0920. The SMILES string of the molecule is CCCCCCOc1cc2c(cc1OCCCCCC)[C@@H]1O[C@H]2[C@@H]2[C@H]1[C@@H]1O[C@H]2c2ccccc21. The number of fused-ring (bicyclic) bond motifs is 15. The van der Waals surface area contributed by atoms with Gasteiger partial charge in [-0.05, 0) is 47.2 Å². The number of benzene rings is 2. The van der Waals surface area contributed by atoms with Gasteiger partial charge in [0.1, 0.15) is 0 Å². The van der Waals surface area contributed by atoms with Gasteiger partial charge in [-0.1, -0.05) is 76.6 Å². The second-order valence-corrected chi connectivity index (χ2v) is 10.5. The van der Waals surface area contributed by atoms with E-state index >= 15 is 0 Å². The first-order chi connectivity index (χ1) is 16.8. The number of rotatable bonds is 12. The highest BCUT2D eigenvalue weighted by Crippen LogP contribution is 2.72. The number of ether oxygens (including phenoxy) is 4. The van der Waals surface area contributed by atoms with Crippen molar-refractivity contribution in [1.29, 1.82) is 0 Å². The lowest BCUT2D eigenvalue weighted by molar-refractivity contribution is -0.0292. The maximum Gasteiger partial charge on any atom is 0.161 e. The highest BCUT2D eigenvalue weighted by molar-refractivity contribution is 5.54. The molecule has 0 radical (unpaired) electrons. The van der Waals surface area contributed by atoms with Crippen LogP contribution in [0.3, 0.4) is 0 Å². The predicted molar refractivity (Wildman–Crippen MR) is 132 cm³/mol. The summed E-state index contributed by atoms with van der Waals surface area (Å²) < 4.78 is 25.8.